The number of rotatable bonds is 4. The quantitative estimate of drug-likeness (QED) is 0.774. The molecule has 3 aromatic rings. The number of aromatic carboxylic acids is 1. The molecule has 0 aliphatic carbocycles. The van der Waals surface area contributed by atoms with E-state index in [-0.39, 0.29) is 5.56 Å². The third kappa shape index (κ3) is 2.79. The number of carboxylic acids is 1. The molecule has 110 valence electrons. The molecule has 0 atom stereocenters. The number of ether oxygens (including phenoxy) is 1. The van der Waals surface area contributed by atoms with Crippen LogP contribution in [-0.2, 0) is 6.61 Å². The molecule has 3 aromatic carbocycles. The Hall–Kier alpha value is -2.81. The maximum Gasteiger partial charge on any atom is 0.340 e. The van der Waals surface area contributed by atoms with Crippen LogP contribution in [0.1, 0.15) is 21.5 Å². The second-order valence-corrected chi connectivity index (χ2v) is 5.24. The van der Waals surface area contributed by atoms with Crippen LogP contribution in [0.25, 0.3) is 10.8 Å². The maximum atomic E-state index is 11.6. The van der Waals surface area contributed by atoms with Crippen molar-refractivity contribution in [1.82, 2.24) is 0 Å². The van der Waals surface area contributed by atoms with Crippen molar-refractivity contribution in [2.24, 2.45) is 0 Å². The van der Waals surface area contributed by atoms with Crippen molar-refractivity contribution in [3.63, 3.8) is 0 Å². The third-order valence-electron chi connectivity index (χ3n) is 3.58. The fourth-order valence-corrected chi connectivity index (χ4v) is 2.56. The molecule has 3 heteroatoms. The summed E-state index contributed by atoms with van der Waals surface area (Å²) in [6.07, 6.45) is 0. The SMILES string of the molecule is Cc1cccc(COc2ccc3ccccc3c2C(=O)O)c1. The highest BCUT2D eigenvalue weighted by atomic mass is 16.5. The van der Waals surface area contributed by atoms with E-state index in [4.69, 9.17) is 4.74 Å². The Bertz CT molecular complexity index is 837. The van der Waals surface area contributed by atoms with Gasteiger partial charge in [0.25, 0.3) is 0 Å². The molecule has 0 saturated heterocycles. The minimum Gasteiger partial charge on any atom is -0.488 e. The predicted octanol–water partition coefficient (Wildman–Crippen LogP) is 4.43. The Morgan fingerprint density at radius 1 is 1.05 bits per heavy atom. The average molecular weight is 292 g/mol. The molecule has 0 aliphatic rings. The van der Waals surface area contributed by atoms with Gasteiger partial charge in [-0.25, -0.2) is 4.79 Å². The summed E-state index contributed by atoms with van der Waals surface area (Å²) in [4.78, 5) is 11.6. The zero-order chi connectivity index (χ0) is 15.5. The Kier molecular flexibility index (Phi) is 3.79. The Morgan fingerprint density at radius 3 is 2.64 bits per heavy atom. The predicted molar refractivity (Wildman–Crippen MR) is 86.4 cm³/mol. The van der Waals surface area contributed by atoms with Crippen LogP contribution in [0.4, 0.5) is 0 Å². The van der Waals surface area contributed by atoms with Crippen LogP contribution in [0.5, 0.6) is 5.75 Å². The average Bonchev–Trinajstić information content (AvgIpc) is 2.52. The van der Waals surface area contributed by atoms with E-state index in [9.17, 15) is 9.90 Å². The first-order valence-corrected chi connectivity index (χ1v) is 7.08. The standard InChI is InChI=1S/C19H16O3/c1-13-5-4-6-14(11-13)12-22-17-10-9-15-7-2-3-8-16(15)18(17)19(20)21/h2-11H,12H2,1H3,(H,20,21). The van der Waals surface area contributed by atoms with E-state index >= 15 is 0 Å². The normalized spacial score (nSPS) is 10.6. The van der Waals surface area contributed by atoms with E-state index in [0.717, 1.165) is 16.5 Å². The monoisotopic (exact) mass is 292 g/mol. The van der Waals surface area contributed by atoms with Gasteiger partial charge in [-0.05, 0) is 29.3 Å². The molecule has 0 heterocycles. The van der Waals surface area contributed by atoms with E-state index in [1.165, 1.54) is 0 Å². The fraction of sp³-hybridized carbons (Fsp3) is 0.105. The van der Waals surface area contributed by atoms with Crippen molar-refractivity contribution >= 4 is 16.7 Å². The van der Waals surface area contributed by atoms with Crippen LogP contribution in [-0.4, -0.2) is 11.1 Å². The van der Waals surface area contributed by atoms with Gasteiger partial charge in [0.15, 0.2) is 0 Å². The minimum absolute atomic E-state index is 0.214. The smallest absolute Gasteiger partial charge is 0.340 e. The lowest BCUT2D eigenvalue weighted by Gasteiger charge is -2.12. The summed E-state index contributed by atoms with van der Waals surface area (Å²) in [6, 6.07) is 19.0. The molecule has 0 radical (unpaired) electrons. The number of benzene rings is 3. The summed E-state index contributed by atoms with van der Waals surface area (Å²) in [6.45, 7) is 2.36. The van der Waals surface area contributed by atoms with Gasteiger partial charge in [-0.15, -0.1) is 0 Å². The summed E-state index contributed by atoms with van der Waals surface area (Å²) in [5.41, 5.74) is 2.38. The number of carboxylic acid groups (broad SMARTS) is 1. The molecule has 1 N–H and O–H groups in total. The number of hydrogen-bond acceptors (Lipinski definition) is 2. The van der Waals surface area contributed by atoms with E-state index in [2.05, 4.69) is 0 Å². The lowest BCUT2D eigenvalue weighted by atomic mass is 10.0. The maximum absolute atomic E-state index is 11.6. The van der Waals surface area contributed by atoms with Gasteiger partial charge in [0.1, 0.15) is 17.9 Å². The highest BCUT2D eigenvalue weighted by Crippen LogP contribution is 2.28. The Morgan fingerprint density at radius 2 is 1.86 bits per heavy atom. The second kappa shape index (κ2) is 5.90. The molecule has 0 unspecified atom stereocenters. The van der Waals surface area contributed by atoms with Crippen molar-refractivity contribution in [2.45, 2.75) is 13.5 Å². The van der Waals surface area contributed by atoms with Gasteiger partial charge in [-0.2, -0.15) is 0 Å². The Balaban J connectivity index is 1.96. The molecule has 0 amide bonds. The summed E-state index contributed by atoms with van der Waals surface area (Å²) < 4.78 is 5.77. The first-order valence-electron chi connectivity index (χ1n) is 7.08. The number of aryl methyl sites for hydroxylation is 1. The van der Waals surface area contributed by atoms with Gasteiger partial charge in [0, 0.05) is 0 Å². The van der Waals surface area contributed by atoms with E-state index in [0.29, 0.717) is 17.7 Å². The van der Waals surface area contributed by atoms with Gasteiger partial charge >= 0.3 is 5.97 Å². The van der Waals surface area contributed by atoms with Crippen LogP contribution in [0.3, 0.4) is 0 Å². The van der Waals surface area contributed by atoms with Crippen molar-refractivity contribution in [3.8, 4) is 5.75 Å². The zero-order valence-corrected chi connectivity index (χ0v) is 12.2. The molecule has 0 spiro atoms. The number of fused-ring (bicyclic) bond motifs is 1. The zero-order valence-electron chi connectivity index (χ0n) is 12.2. The van der Waals surface area contributed by atoms with Crippen LogP contribution in [0.2, 0.25) is 0 Å². The van der Waals surface area contributed by atoms with E-state index < -0.39 is 5.97 Å². The van der Waals surface area contributed by atoms with E-state index in [1.807, 2.05) is 55.5 Å². The van der Waals surface area contributed by atoms with Gasteiger partial charge in [0.2, 0.25) is 0 Å². The molecule has 3 nitrogen and oxygen atoms in total. The molecule has 22 heavy (non-hydrogen) atoms. The van der Waals surface area contributed by atoms with Crippen LogP contribution < -0.4 is 4.74 Å². The Labute approximate surface area is 128 Å². The van der Waals surface area contributed by atoms with E-state index in [1.54, 1.807) is 12.1 Å². The van der Waals surface area contributed by atoms with Crippen molar-refractivity contribution in [1.29, 1.82) is 0 Å². The van der Waals surface area contributed by atoms with Crippen LogP contribution in [0.15, 0.2) is 60.7 Å². The second-order valence-electron chi connectivity index (χ2n) is 5.24. The van der Waals surface area contributed by atoms with Crippen molar-refractivity contribution in [3.05, 3.63) is 77.4 Å². The summed E-state index contributed by atoms with van der Waals surface area (Å²) in [5, 5.41) is 11.1. The summed E-state index contributed by atoms with van der Waals surface area (Å²) in [5.74, 6) is -0.580. The molecule has 0 aromatic heterocycles. The molecular formula is C19H16O3. The lowest BCUT2D eigenvalue weighted by molar-refractivity contribution is 0.0694. The summed E-state index contributed by atoms with van der Waals surface area (Å²) in [7, 11) is 0. The fourth-order valence-electron chi connectivity index (χ4n) is 2.56. The topological polar surface area (TPSA) is 46.5 Å². The number of carbonyl (C=O) groups is 1. The number of hydrogen-bond donors (Lipinski definition) is 1. The molecule has 0 saturated carbocycles. The highest BCUT2D eigenvalue weighted by molar-refractivity contribution is 6.06. The van der Waals surface area contributed by atoms with Crippen molar-refractivity contribution in [2.75, 3.05) is 0 Å². The largest absolute Gasteiger partial charge is 0.488 e. The third-order valence-corrected chi connectivity index (χ3v) is 3.58. The first kappa shape index (κ1) is 14.1. The van der Waals surface area contributed by atoms with Gasteiger partial charge in [-0.3, -0.25) is 0 Å². The van der Waals surface area contributed by atoms with Crippen LogP contribution in [0, 0.1) is 6.92 Å². The first-order chi connectivity index (χ1) is 10.6. The molecule has 3 rings (SSSR count). The molecule has 0 fully saturated rings. The van der Waals surface area contributed by atoms with Gasteiger partial charge in [0.05, 0.1) is 0 Å². The van der Waals surface area contributed by atoms with Gasteiger partial charge < -0.3 is 9.84 Å². The van der Waals surface area contributed by atoms with Crippen LogP contribution >= 0.6 is 0 Å². The molecule has 0 bridgehead atoms. The molecule has 0 aliphatic heterocycles. The molecular weight excluding hydrogens is 276 g/mol. The van der Waals surface area contributed by atoms with Crippen molar-refractivity contribution < 1.29 is 14.6 Å². The minimum atomic E-state index is -0.976. The lowest BCUT2D eigenvalue weighted by Crippen LogP contribution is -2.04. The van der Waals surface area contributed by atoms with Gasteiger partial charge in [-0.1, -0.05) is 60.2 Å². The highest BCUT2D eigenvalue weighted by Gasteiger charge is 2.15. The summed E-state index contributed by atoms with van der Waals surface area (Å²) >= 11 is 0.